The highest BCUT2D eigenvalue weighted by molar-refractivity contribution is 6.47. The highest BCUT2D eigenvalue weighted by atomic mass is 35.5. The Labute approximate surface area is 182 Å². The van der Waals surface area contributed by atoms with Crippen molar-refractivity contribution in [2.75, 3.05) is 12.4 Å². The van der Waals surface area contributed by atoms with Crippen LogP contribution in [-0.2, 0) is 14.3 Å². The molecule has 3 rings (SSSR count). The van der Waals surface area contributed by atoms with E-state index in [4.69, 9.17) is 22.2 Å². The maximum absolute atomic E-state index is 12.9. The number of rotatable bonds is 5. The Hall–Kier alpha value is -3.72. The van der Waals surface area contributed by atoms with Gasteiger partial charge >= 0.3 is 5.97 Å². The van der Waals surface area contributed by atoms with Crippen molar-refractivity contribution in [3.05, 3.63) is 68.6 Å². The van der Waals surface area contributed by atoms with E-state index in [2.05, 4.69) is 20.4 Å². The third kappa shape index (κ3) is 4.56. The lowest BCUT2D eigenvalue weighted by atomic mass is 9.98. The fourth-order valence-electron chi connectivity index (χ4n) is 3.02. The van der Waals surface area contributed by atoms with Crippen LogP contribution in [0.3, 0.4) is 0 Å². The van der Waals surface area contributed by atoms with E-state index in [1.54, 1.807) is 24.3 Å². The number of benzene rings is 2. The molecule has 1 amide bonds. The lowest BCUT2D eigenvalue weighted by Crippen LogP contribution is -2.38. The average Bonchev–Trinajstić information content (AvgIpc) is 2.73. The molecule has 0 bridgehead atoms. The Morgan fingerprint density at radius 2 is 1.94 bits per heavy atom. The van der Waals surface area contributed by atoms with Gasteiger partial charge in [0.1, 0.15) is 11.4 Å². The molecule has 0 unspecified atom stereocenters. The molecule has 4 N–H and O–H groups in total. The van der Waals surface area contributed by atoms with E-state index in [1.165, 1.54) is 6.07 Å². The van der Waals surface area contributed by atoms with E-state index < -0.39 is 29.1 Å². The molecule has 9 nitrogen and oxygen atoms in total. The van der Waals surface area contributed by atoms with E-state index in [9.17, 15) is 14.4 Å². The van der Waals surface area contributed by atoms with E-state index in [0.717, 1.165) is 18.2 Å². The molecule has 0 saturated heterocycles. The van der Waals surface area contributed by atoms with Crippen LogP contribution in [0.4, 0.5) is 5.69 Å². The maximum Gasteiger partial charge on any atom is 0.321 e. The summed E-state index contributed by atoms with van der Waals surface area (Å²) >= 11 is 5.95. The molecule has 3 aromatic rings. The number of carbonyl (C=O) groups is 2. The maximum atomic E-state index is 12.9. The minimum Gasteiger partial charge on any atom is -0.468 e. The third-order valence-electron chi connectivity index (χ3n) is 4.80. The molecule has 1 aromatic heterocycles. The monoisotopic (exact) mass is 441 g/mol. The number of methoxy groups -OCH3 is 1. The van der Waals surface area contributed by atoms with Crippen molar-refractivity contribution in [1.29, 1.82) is 0 Å². The highest BCUT2D eigenvalue weighted by Gasteiger charge is 2.36. The highest BCUT2D eigenvalue weighted by Crippen LogP contribution is 2.21. The molecule has 1 heterocycles. The van der Waals surface area contributed by atoms with Crippen LogP contribution in [0.25, 0.3) is 11.0 Å². The summed E-state index contributed by atoms with van der Waals surface area (Å²) in [6, 6.07) is 9.97. The summed E-state index contributed by atoms with van der Waals surface area (Å²) in [5.74, 6) is 2.24. The number of esters is 1. The molecule has 0 fully saturated rings. The molecule has 10 heteroatoms. The van der Waals surface area contributed by atoms with Crippen LogP contribution in [0.5, 0.6) is 0 Å². The zero-order chi connectivity index (χ0) is 22.7. The second kappa shape index (κ2) is 8.97. The van der Waals surface area contributed by atoms with Gasteiger partial charge in [0.2, 0.25) is 0 Å². The van der Waals surface area contributed by atoms with Crippen molar-refractivity contribution in [3.8, 4) is 0 Å². The van der Waals surface area contributed by atoms with Gasteiger partial charge in [-0.2, -0.15) is 5.10 Å². The molecule has 0 aliphatic rings. The van der Waals surface area contributed by atoms with Crippen molar-refractivity contribution in [1.82, 2.24) is 9.97 Å². The Balaban J connectivity index is 2.05. The second-order valence-electron chi connectivity index (χ2n) is 6.84. The predicted octanol–water partition coefficient (Wildman–Crippen LogP) is 2.40. The number of H-pyrrole nitrogens is 1. The summed E-state index contributed by atoms with van der Waals surface area (Å²) < 4.78 is 4.80. The first-order chi connectivity index (χ1) is 14.7. The van der Waals surface area contributed by atoms with Crippen molar-refractivity contribution in [2.24, 2.45) is 10.9 Å². The van der Waals surface area contributed by atoms with Gasteiger partial charge in [0, 0.05) is 10.7 Å². The molecule has 160 valence electrons. The second-order valence-corrected chi connectivity index (χ2v) is 7.27. The fraction of sp³-hybridized carbons (Fsp3) is 0.190. The molecule has 2 aromatic carbocycles. The summed E-state index contributed by atoms with van der Waals surface area (Å²) in [7, 11) is 1.12. The number of aryl methyl sites for hydroxylation is 2. The summed E-state index contributed by atoms with van der Waals surface area (Å²) in [5, 5.41) is 6.54. The molecular weight excluding hydrogens is 422 g/mol. The van der Waals surface area contributed by atoms with Crippen LogP contribution >= 0.6 is 11.6 Å². The van der Waals surface area contributed by atoms with E-state index >= 15 is 0 Å². The Morgan fingerprint density at radius 1 is 1.19 bits per heavy atom. The van der Waals surface area contributed by atoms with Crippen LogP contribution < -0.4 is 16.7 Å². The summed E-state index contributed by atoms with van der Waals surface area (Å²) in [6.45, 7) is 3.83. The third-order valence-corrected chi connectivity index (χ3v) is 5.04. The van der Waals surface area contributed by atoms with Gasteiger partial charge in [0.05, 0.1) is 18.1 Å². The first-order valence-electron chi connectivity index (χ1n) is 9.18. The van der Waals surface area contributed by atoms with E-state index in [-0.39, 0.29) is 5.69 Å². The number of fused-ring (bicyclic) bond motifs is 1. The molecule has 0 aliphatic heterocycles. The minimum atomic E-state index is -1.54. The van der Waals surface area contributed by atoms with Crippen LogP contribution in [0.15, 0.2) is 46.3 Å². The topological polar surface area (TPSA) is 140 Å². The molecule has 0 aliphatic carbocycles. The number of nitrogens with one attached hydrogen (secondary N) is 2. The summed E-state index contributed by atoms with van der Waals surface area (Å²) in [6.07, 6.45) is 0. The van der Waals surface area contributed by atoms with Crippen molar-refractivity contribution < 1.29 is 14.3 Å². The van der Waals surface area contributed by atoms with Crippen LogP contribution in [0.2, 0.25) is 5.02 Å². The van der Waals surface area contributed by atoms with E-state index in [1.807, 2.05) is 19.9 Å². The lowest BCUT2D eigenvalue weighted by Gasteiger charge is -2.16. The normalized spacial score (nSPS) is 12.5. The largest absolute Gasteiger partial charge is 0.468 e. The Bertz CT molecular complexity index is 1270. The van der Waals surface area contributed by atoms with Gasteiger partial charge in [0.25, 0.3) is 11.5 Å². The summed E-state index contributed by atoms with van der Waals surface area (Å²) in [5.41, 5.74) is 1.82. The van der Waals surface area contributed by atoms with Crippen molar-refractivity contribution in [2.45, 2.75) is 19.8 Å². The zero-order valence-electron chi connectivity index (χ0n) is 17.0. The number of ether oxygens (including phenoxy) is 1. The van der Waals surface area contributed by atoms with E-state index in [0.29, 0.717) is 21.7 Å². The van der Waals surface area contributed by atoms with Gasteiger partial charge in [-0.1, -0.05) is 17.7 Å². The lowest BCUT2D eigenvalue weighted by molar-refractivity contribution is -0.141. The number of carbonyl (C=O) groups excluding carboxylic acids is 2. The first-order valence-corrected chi connectivity index (χ1v) is 9.56. The van der Waals surface area contributed by atoms with Gasteiger partial charge in [0.15, 0.2) is 5.92 Å². The molecule has 31 heavy (non-hydrogen) atoms. The van der Waals surface area contributed by atoms with Gasteiger partial charge in [-0.3, -0.25) is 14.4 Å². The number of aromatic amines is 1. The summed E-state index contributed by atoms with van der Waals surface area (Å²) in [4.78, 5) is 45.0. The van der Waals surface area contributed by atoms with Gasteiger partial charge in [-0.05, 0) is 55.3 Å². The molecule has 0 radical (unpaired) electrons. The number of anilines is 1. The standard InChI is InChI=1S/C21H20ClN5O4/c1-10-4-6-13(8-11(10)2)24-20(29)18(27-23)16(21(30)31-3)17-19(28)26-15-9-12(22)5-7-14(15)25-17/h4-9,16H,23H2,1-3H3,(H,24,29)(H,26,28)/b27-18+/t16-/m0/s1. The smallest absolute Gasteiger partial charge is 0.321 e. The number of nitrogens with zero attached hydrogens (tertiary/aromatic N) is 2. The number of amides is 1. The number of hydrogen-bond donors (Lipinski definition) is 3. The molecule has 0 spiro atoms. The molecule has 1 atom stereocenters. The van der Waals surface area contributed by atoms with Crippen LogP contribution in [-0.4, -0.2) is 34.7 Å². The number of hydrazone groups is 1. The average molecular weight is 442 g/mol. The fourth-order valence-corrected chi connectivity index (χ4v) is 3.19. The minimum absolute atomic E-state index is 0.277. The molecule has 0 saturated carbocycles. The number of hydrogen-bond acceptors (Lipinski definition) is 7. The molecular formula is C21H20ClN5O4. The van der Waals surface area contributed by atoms with Gasteiger partial charge in [-0.15, -0.1) is 0 Å². The van der Waals surface area contributed by atoms with Crippen LogP contribution in [0.1, 0.15) is 22.7 Å². The quantitative estimate of drug-likeness (QED) is 0.240. The zero-order valence-corrected chi connectivity index (χ0v) is 17.8. The Kier molecular flexibility index (Phi) is 6.36. The van der Waals surface area contributed by atoms with Crippen molar-refractivity contribution in [3.63, 3.8) is 0 Å². The number of halogens is 1. The predicted molar refractivity (Wildman–Crippen MR) is 118 cm³/mol. The first kappa shape index (κ1) is 22.0. The number of nitrogens with two attached hydrogens (primary N) is 1. The van der Waals surface area contributed by atoms with Gasteiger partial charge < -0.3 is 20.9 Å². The number of aromatic nitrogens is 2. The van der Waals surface area contributed by atoms with Gasteiger partial charge in [-0.25, -0.2) is 4.98 Å². The van der Waals surface area contributed by atoms with Crippen molar-refractivity contribution >= 4 is 45.9 Å². The van der Waals surface area contributed by atoms with Crippen LogP contribution in [0, 0.1) is 13.8 Å². The SMILES string of the molecule is COC(=O)[C@H](/C(=N\N)C(=O)Nc1ccc(C)c(C)c1)c1nc2ccc(Cl)cc2[nH]c1=O. The Morgan fingerprint density at radius 3 is 2.58 bits per heavy atom.